The van der Waals surface area contributed by atoms with E-state index in [1.807, 2.05) is 52.1 Å². The molecule has 1 aliphatic heterocycles. The molecule has 0 bridgehead atoms. The lowest BCUT2D eigenvalue weighted by molar-refractivity contribution is -0.127. The van der Waals surface area contributed by atoms with Crippen molar-refractivity contribution < 1.29 is 4.79 Å². The number of nitrogens with one attached hydrogen (secondary N) is 1. The summed E-state index contributed by atoms with van der Waals surface area (Å²) in [5.74, 6) is 1.54. The van der Waals surface area contributed by atoms with E-state index in [9.17, 15) is 4.79 Å². The standard InChI is InChI=1S/C18H27N5O/c1-13(17(24)19-18(2,3)4)22-11-8-14(9-12-22)16-21-20-15-7-5-6-10-23(15)16/h5-7,10,13-14H,8-9,11-12H2,1-4H3,(H,19,24). The third kappa shape index (κ3) is 3.59. The Hall–Kier alpha value is -1.95. The van der Waals surface area contributed by atoms with Gasteiger partial charge in [0.2, 0.25) is 5.91 Å². The lowest BCUT2D eigenvalue weighted by Crippen LogP contribution is -2.52. The average Bonchev–Trinajstić information content (AvgIpc) is 2.97. The van der Waals surface area contributed by atoms with Gasteiger partial charge in [-0.05, 0) is 65.8 Å². The highest BCUT2D eigenvalue weighted by molar-refractivity contribution is 5.81. The predicted molar refractivity (Wildman–Crippen MR) is 93.9 cm³/mol. The van der Waals surface area contributed by atoms with Crippen LogP contribution in [0.25, 0.3) is 5.65 Å². The number of hydrogen-bond donors (Lipinski definition) is 1. The fourth-order valence-electron chi connectivity index (χ4n) is 3.32. The number of piperidine rings is 1. The number of carbonyl (C=O) groups is 1. The Morgan fingerprint density at radius 3 is 2.62 bits per heavy atom. The van der Waals surface area contributed by atoms with Crippen LogP contribution >= 0.6 is 0 Å². The fraction of sp³-hybridized carbons (Fsp3) is 0.611. The van der Waals surface area contributed by atoms with Crippen LogP contribution in [0.1, 0.15) is 52.3 Å². The number of nitrogens with zero attached hydrogens (tertiary/aromatic N) is 4. The van der Waals surface area contributed by atoms with Crippen LogP contribution in [-0.4, -0.2) is 50.1 Å². The minimum atomic E-state index is -0.190. The molecule has 1 amide bonds. The predicted octanol–water partition coefficient (Wildman–Crippen LogP) is 2.21. The number of aromatic nitrogens is 3. The zero-order chi connectivity index (χ0) is 17.3. The van der Waals surface area contributed by atoms with E-state index in [0.717, 1.165) is 37.4 Å². The zero-order valence-corrected chi connectivity index (χ0v) is 15.0. The molecule has 6 nitrogen and oxygen atoms in total. The maximum atomic E-state index is 12.4. The molecule has 0 aromatic carbocycles. The van der Waals surface area contributed by atoms with Crippen LogP contribution in [0.2, 0.25) is 0 Å². The van der Waals surface area contributed by atoms with Crippen molar-refractivity contribution in [1.82, 2.24) is 24.8 Å². The number of pyridine rings is 1. The van der Waals surface area contributed by atoms with Gasteiger partial charge in [0.1, 0.15) is 5.82 Å². The second kappa shape index (κ2) is 6.51. The van der Waals surface area contributed by atoms with E-state index in [1.54, 1.807) is 0 Å². The van der Waals surface area contributed by atoms with Gasteiger partial charge in [-0.25, -0.2) is 0 Å². The molecule has 1 unspecified atom stereocenters. The molecule has 130 valence electrons. The molecule has 24 heavy (non-hydrogen) atoms. The first-order chi connectivity index (χ1) is 11.3. The minimum Gasteiger partial charge on any atom is -0.350 e. The Morgan fingerprint density at radius 2 is 1.96 bits per heavy atom. The van der Waals surface area contributed by atoms with E-state index in [2.05, 4.69) is 24.8 Å². The highest BCUT2D eigenvalue weighted by Crippen LogP contribution is 2.28. The number of carbonyl (C=O) groups excluding carboxylic acids is 1. The molecule has 0 saturated carbocycles. The van der Waals surface area contributed by atoms with Crippen molar-refractivity contribution in [2.75, 3.05) is 13.1 Å². The Bertz CT molecular complexity index is 710. The topological polar surface area (TPSA) is 62.5 Å². The number of amides is 1. The molecule has 3 heterocycles. The molecule has 2 aromatic heterocycles. The van der Waals surface area contributed by atoms with E-state index < -0.39 is 0 Å². The second-order valence-corrected chi connectivity index (χ2v) is 7.71. The van der Waals surface area contributed by atoms with Crippen molar-refractivity contribution in [3.05, 3.63) is 30.2 Å². The van der Waals surface area contributed by atoms with Gasteiger partial charge in [-0.1, -0.05) is 6.07 Å². The van der Waals surface area contributed by atoms with Crippen LogP contribution in [0.5, 0.6) is 0 Å². The van der Waals surface area contributed by atoms with Gasteiger partial charge in [-0.3, -0.25) is 14.1 Å². The first-order valence-corrected chi connectivity index (χ1v) is 8.71. The molecule has 1 N–H and O–H groups in total. The molecule has 1 aliphatic rings. The fourth-order valence-corrected chi connectivity index (χ4v) is 3.32. The summed E-state index contributed by atoms with van der Waals surface area (Å²) >= 11 is 0. The molecule has 1 saturated heterocycles. The van der Waals surface area contributed by atoms with E-state index >= 15 is 0 Å². The van der Waals surface area contributed by atoms with E-state index in [0.29, 0.717) is 5.92 Å². The molecule has 0 spiro atoms. The number of rotatable bonds is 3. The van der Waals surface area contributed by atoms with E-state index in [-0.39, 0.29) is 17.5 Å². The normalized spacial score (nSPS) is 18.7. The van der Waals surface area contributed by atoms with Crippen molar-refractivity contribution in [2.24, 2.45) is 0 Å². The summed E-state index contributed by atoms with van der Waals surface area (Å²) < 4.78 is 2.08. The highest BCUT2D eigenvalue weighted by atomic mass is 16.2. The summed E-state index contributed by atoms with van der Waals surface area (Å²) in [6.07, 6.45) is 4.03. The van der Waals surface area contributed by atoms with Crippen molar-refractivity contribution in [1.29, 1.82) is 0 Å². The van der Waals surface area contributed by atoms with Crippen LogP contribution in [0, 0.1) is 0 Å². The first-order valence-electron chi connectivity index (χ1n) is 8.71. The Labute approximate surface area is 143 Å². The minimum absolute atomic E-state index is 0.0969. The second-order valence-electron chi connectivity index (χ2n) is 7.71. The molecule has 3 rings (SSSR count). The van der Waals surface area contributed by atoms with E-state index in [1.165, 1.54) is 0 Å². The highest BCUT2D eigenvalue weighted by Gasteiger charge is 2.30. The Balaban J connectivity index is 1.62. The van der Waals surface area contributed by atoms with Crippen LogP contribution in [0.4, 0.5) is 0 Å². The third-order valence-electron chi connectivity index (χ3n) is 4.66. The van der Waals surface area contributed by atoms with Crippen molar-refractivity contribution >= 4 is 11.6 Å². The number of fused-ring (bicyclic) bond motifs is 1. The Morgan fingerprint density at radius 1 is 1.25 bits per heavy atom. The summed E-state index contributed by atoms with van der Waals surface area (Å²) in [5, 5.41) is 11.7. The lowest BCUT2D eigenvalue weighted by atomic mass is 9.95. The lowest BCUT2D eigenvalue weighted by Gasteiger charge is -2.36. The molecular weight excluding hydrogens is 302 g/mol. The summed E-state index contributed by atoms with van der Waals surface area (Å²) in [7, 11) is 0. The largest absolute Gasteiger partial charge is 0.350 e. The molecule has 0 aliphatic carbocycles. The van der Waals surface area contributed by atoms with Crippen molar-refractivity contribution in [3.63, 3.8) is 0 Å². The van der Waals surface area contributed by atoms with E-state index in [4.69, 9.17) is 0 Å². The van der Waals surface area contributed by atoms with Gasteiger partial charge in [0.05, 0.1) is 6.04 Å². The maximum absolute atomic E-state index is 12.4. The smallest absolute Gasteiger partial charge is 0.237 e. The van der Waals surface area contributed by atoms with Gasteiger partial charge in [-0.2, -0.15) is 0 Å². The SMILES string of the molecule is CC(C(=O)NC(C)(C)C)N1CCC(c2nnc3ccccn23)CC1. The van der Waals surface area contributed by atoms with Crippen LogP contribution in [0.15, 0.2) is 24.4 Å². The monoisotopic (exact) mass is 329 g/mol. The molecule has 0 radical (unpaired) electrons. The summed E-state index contributed by atoms with van der Waals surface area (Å²) in [6.45, 7) is 9.85. The molecule has 2 aromatic rings. The Kier molecular flexibility index (Phi) is 4.58. The number of hydrogen-bond acceptors (Lipinski definition) is 4. The molecule has 1 atom stereocenters. The summed E-state index contributed by atoms with van der Waals surface area (Å²) in [4.78, 5) is 14.6. The van der Waals surface area contributed by atoms with Gasteiger partial charge in [0, 0.05) is 17.7 Å². The quantitative estimate of drug-likeness (QED) is 0.938. The van der Waals surface area contributed by atoms with Crippen molar-refractivity contribution in [2.45, 2.75) is 58.0 Å². The summed E-state index contributed by atoms with van der Waals surface area (Å²) in [5.41, 5.74) is 0.706. The summed E-state index contributed by atoms with van der Waals surface area (Å²) in [6, 6.07) is 5.87. The molecular formula is C18H27N5O. The van der Waals surface area contributed by atoms with Gasteiger partial charge >= 0.3 is 0 Å². The van der Waals surface area contributed by atoms with Crippen molar-refractivity contribution in [3.8, 4) is 0 Å². The van der Waals surface area contributed by atoms with Crippen LogP contribution in [0.3, 0.4) is 0 Å². The third-order valence-corrected chi connectivity index (χ3v) is 4.66. The average molecular weight is 329 g/mol. The van der Waals surface area contributed by atoms with Gasteiger partial charge in [-0.15, -0.1) is 10.2 Å². The molecule has 1 fully saturated rings. The van der Waals surface area contributed by atoms with Gasteiger partial charge in [0.25, 0.3) is 0 Å². The maximum Gasteiger partial charge on any atom is 0.237 e. The number of likely N-dealkylation sites (tertiary alicyclic amines) is 1. The van der Waals surface area contributed by atoms with Crippen LogP contribution in [-0.2, 0) is 4.79 Å². The zero-order valence-electron chi connectivity index (χ0n) is 15.0. The van der Waals surface area contributed by atoms with Gasteiger partial charge < -0.3 is 5.32 Å². The first kappa shape index (κ1) is 16.9. The van der Waals surface area contributed by atoms with Crippen LogP contribution < -0.4 is 5.32 Å². The molecule has 6 heteroatoms. The van der Waals surface area contributed by atoms with Gasteiger partial charge in [0.15, 0.2) is 5.65 Å².